The molecule has 0 radical (unpaired) electrons. The molecule has 2 aromatic carbocycles. The van der Waals surface area contributed by atoms with E-state index in [4.69, 9.17) is 12.0 Å². The van der Waals surface area contributed by atoms with Gasteiger partial charge in [0.2, 0.25) is 0 Å². The van der Waals surface area contributed by atoms with Crippen LogP contribution in [0, 0.1) is 7.14 Å². The quantitative estimate of drug-likeness (QED) is 0.427. The second-order valence-corrected chi connectivity index (χ2v) is 13.2. The zero-order valence-electron chi connectivity index (χ0n) is 16.1. The summed E-state index contributed by atoms with van der Waals surface area (Å²) < 4.78 is 44.0. The van der Waals surface area contributed by atoms with Crippen molar-refractivity contribution in [3.8, 4) is 5.75 Å². The monoisotopic (exact) mass is 518 g/mol. The Morgan fingerprint density at radius 3 is 2.39 bits per heavy atom. The van der Waals surface area contributed by atoms with Gasteiger partial charge in [-0.25, -0.2) is 0 Å². The zero-order chi connectivity index (χ0) is 19.8. The van der Waals surface area contributed by atoms with Gasteiger partial charge in [0, 0.05) is 0 Å². The first-order chi connectivity index (χ1) is 13.6. The van der Waals surface area contributed by atoms with E-state index in [9.17, 15) is 8.42 Å². The molecular formula is C21H27IO5S. The Labute approximate surface area is 175 Å². The summed E-state index contributed by atoms with van der Waals surface area (Å²) in [5.74, 6) is 0.790. The van der Waals surface area contributed by atoms with Gasteiger partial charge in [-0.2, -0.15) is 0 Å². The molecule has 3 rings (SSSR count). The third-order valence-corrected chi connectivity index (χ3v) is 11.8. The number of unbranched alkanes of at least 4 members (excludes halogenated alkanes) is 1. The molecule has 1 aliphatic heterocycles. The van der Waals surface area contributed by atoms with Crippen molar-refractivity contribution >= 4 is 30.4 Å². The number of ether oxygens (including phenoxy) is 2. The predicted molar refractivity (Wildman–Crippen MR) is 118 cm³/mol. The van der Waals surface area contributed by atoms with Crippen LogP contribution >= 0.6 is 20.2 Å². The average Bonchev–Trinajstić information content (AvgIpc) is 2.73. The van der Waals surface area contributed by atoms with Gasteiger partial charge in [0.1, 0.15) is 0 Å². The van der Waals surface area contributed by atoms with Crippen LogP contribution in [0.1, 0.15) is 39.0 Å². The summed E-state index contributed by atoms with van der Waals surface area (Å²) in [4.78, 5) is 0. The molecule has 5 nitrogen and oxygen atoms in total. The summed E-state index contributed by atoms with van der Waals surface area (Å²) in [5.41, 5.74) is 0. The first-order valence-corrected chi connectivity index (χ1v) is 14.2. The molecule has 154 valence electrons. The Kier molecular flexibility index (Phi) is 8.13. The van der Waals surface area contributed by atoms with E-state index in [1.807, 2.05) is 61.5 Å². The third-order valence-electron chi connectivity index (χ3n) is 4.26. The van der Waals surface area contributed by atoms with Gasteiger partial charge in [0.15, 0.2) is 0 Å². The van der Waals surface area contributed by atoms with Gasteiger partial charge in [-0.3, -0.25) is 0 Å². The fraction of sp³-hybridized carbons (Fsp3) is 0.429. The molecule has 1 heterocycles. The minimum absolute atomic E-state index is 0.0600. The first kappa shape index (κ1) is 21.5. The molecule has 0 N–H and O–H groups in total. The number of hydrogen-bond acceptors (Lipinski definition) is 5. The van der Waals surface area contributed by atoms with Gasteiger partial charge in [0.05, 0.1) is 0 Å². The molecule has 1 atom stereocenters. The van der Waals surface area contributed by atoms with Crippen molar-refractivity contribution in [2.24, 2.45) is 0 Å². The van der Waals surface area contributed by atoms with E-state index in [2.05, 4.69) is 0 Å². The molecule has 28 heavy (non-hydrogen) atoms. The van der Waals surface area contributed by atoms with Crippen molar-refractivity contribution < 1.29 is 20.4 Å². The van der Waals surface area contributed by atoms with Crippen molar-refractivity contribution in [2.75, 3.05) is 12.4 Å². The molecule has 0 spiro atoms. The Hall–Kier alpha value is -1.16. The second-order valence-electron chi connectivity index (χ2n) is 6.59. The molecule has 0 saturated carbocycles. The van der Waals surface area contributed by atoms with Crippen LogP contribution in [0.3, 0.4) is 0 Å². The normalized spacial score (nSPS) is 17.9. The van der Waals surface area contributed by atoms with Crippen molar-refractivity contribution in [3.05, 3.63) is 61.7 Å². The van der Waals surface area contributed by atoms with E-state index in [1.54, 1.807) is 0 Å². The van der Waals surface area contributed by atoms with Gasteiger partial charge in [-0.1, -0.05) is 0 Å². The molecule has 0 aliphatic carbocycles. The van der Waals surface area contributed by atoms with E-state index in [0.717, 1.165) is 45.2 Å². The molecule has 7 heteroatoms. The standard InChI is InChI=1S/C21H27IO5S/c1-2-3-17-28(23,24)27-22(18-9-5-4-6-10-18)19-12-14-20(15-13-19)26-21-11-7-8-16-25-21/h4-6,9-10,12-15,21H,2-3,7-8,11,16-17H2,1H3. The summed E-state index contributed by atoms with van der Waals surface area (Å²) in [7, 11) is -3.55. The molecule has 1 fully saturated rings. The maximum absolute atomic E-state index is 12.5. The predicted octanol–water partition coefficient (Wildman–Crippen LogP) is 5.20. The first-order valence-electron chi connectivity index (χ1n) is 9.63. The number of benzene rings is 2. The average molecular weight is 518 g/mol. The summed E-state index contributed by atoms with van der Waals surface area (Å²) in [5, 5.41) is 0. The van der Waals surface area contributed by atoms with Gasteiger partial charge in [0.25, 0.3) is 0 Å². The zero-order valence-corrected chi connectivity index (χ0v) is 19.0. The summed E-state index contributed by atoms with van der Waals surface area (Å²) in [6.45, 7) is 2.70. The summed E-state index contributed by atoms with van der Waals surface area (Å²) in [6, 6.07) is 17.2. The number of rotatable bonds is 9. The fourth-order valence-corrected chi connectivity index (χ4v) is 10.0. The van der Waals surface area contributed by atoms with Crippen LogP contribution in [-0.2, 0) is 17.4 Å². The molecule has 1 aliphatic rings. The Morgan fingerprint density at radius 1 is 1.04 bits per heavy atom. The van der Waals surface area contributed by atoms with Crippen molar-refractivity contribution in [3.63, 3.8) is 0 Å². The van der Waals surface area contributed by atoms with Crippen LogP contribution in [0.4, 0.5) is 0 Å². The van der Waals surface area contributed by atoms with Crippen LogP contribution in [0.2, 0.25) is 0 Å². The van der Waals surface area contributed by atoms with E-state index in [1.165, 1.54) is 0 Å². The van der Waals surface area contributed by atoms with Crippen molar-refractivity contribution in [2.45, 2.75) is 45.3 Å². The fourth-order valence-electron chi connectivity index (χ4n) is 2.76. The Morgan fingerprint density at radius 2 is 1.75 bits per heavy atom. The van der Waals surface area contributed by atoms with Crippen LogP contribution in [0.5, 0.6) is 5.75 Å². The van der Waals surface area contributed by atoms with E-state index in [0.29, 0.717) is 6.42 Å². The van der Waals surface area contributed by atoms with Gasteiger partial charge >= 0.3 is 176 Å². The van der Waals surface area contributed by atoms with Crippen molar-refractivity contribution in [1.29, 1.82) is 0 Å². The van der Waals surface area contributed by atoms with E-state index < -0.39 is 30.4 Å². The van der Waals surface area contributed by atoms with Crippen molar-refractivity contribution in [1.82, 2.24) is 0 Å². The van der Waals surface area contributed by atoms with Crippen LogP contribution in [0.15, 0.2) is 54.6 Å². The van der Waals surface area contributed by atoms with Crippen LogP contribution in [0.25, 0.3) is 0 Å². The maximum atomic E-state index is 12.5. The molecule has 0 aromatic heterocycles. The minimum atomic E-state index is -3.55. The molecule has 1 saturated heterocycles. The number of hydrogen-bond donors (Lipinski definition) is 0. The van der Waals surface area contributed by atoms with E-state index >= 15 is 0 Å². The topological polar surface area (TPSA) is 61.8 Å². The molecule has 0 bridgehead atoms. The molecular weight excluding hydrogens is 491 g/mol. The Balaban J connectivity index is 1.77. The van der Waals surface area contributed by atoms with Crippen LogP contribution in [-0.4, -0.2) is 27.1 Å². The molecule has 2 aromatic rings. The van der Waals surface area contributed by atoms with E-state index in [-0.39, 0.29) is 12.0 Å². The molecule has 1 unspecified atom stereocenters. The van der Waals surface area contributed by atoms with Gasteiger partial charge in [-0.15, -0.1) is 0 Å². The van der Waals surface area contributed by atoms with Crippen LogP contribution < -0.4 is 4.74 Å². The molecule has 0 amide bonds. The second kappa shape index (κ2) is 10.6. The van der Waals surface area contributed by atoms with Gasteiger partial charge < -0.3 is 0 Å². The third kappa shape index (κ3) is 6.43. The SMILES string of the molecule is CCCCS(=O)(=O)OI(c1ccccc1)c1ccc(OC2CCCCO2)cc1. The number of halogens is 1. The van der Waals surface area contributed by atoms with Gasteiger partial charge in [-0.05, 0) is 0 Å². The summed E-state index contributed by atoms with van der Waals surface area (Å²) >= 11 is -2.57. The summed E-state index contributed by atoms with van der Waals surface area (Å²) in [6.07, 6.45) is 4.30. The Bertz CT molecular complexity index is 818.